The summed E-state index contributed by atoms with van der Waals surface area (Å²) in [5, 5.41) is 4.63. The fourth-order valence-electron chi connectivity index (χ4n) is 3.13. The quantitative estimate of drug-likeness (QED) is 0.651. The number of aryl methyl sites for hydroxylation is 2. The zero-order chi connectivity index (χ0) is 19.7. The van der Waals surface area contributed by atoms with E-state index in [-0.39, 0.29) is 23.9 Å². The van der Waals surface area contributed by atoms with Gasteiger partial charge in [0.1, 0.15) is 5.01 Å². The number of thiazole rings is 1. The van der Waals surface area contributed by atoms with Crippen molar-refractivity contribution in [2.24, 2.45) is 0 Å². The molecular formula is C20H20N4O2S2. The Hall–Kier alpha value is -2.45. The lowest BCUT2D eigenvalue weighted by atomic mass is 10.2. The van der Waals surface area contributed by atoms with Crippen molar-refractivity contribution in [1.29, 1.82) is 0 Å². The fourth-order valence-corrected chi connectivity index (χ4v) is 5.25. The standard InChI is InChI=1S/C20H20N4O2S2/c1-12-9-22-20-24(19(12)26)15(11-27-20)8-17(25)21-10-16-13(2)23-18(28-16)14-6-4-3-5-7-14/h3-7,9,15H,8,10-11H2,1-2H3,(H,21,25). The number of hydrogen-bond acceptors (Lipinski definition) is 6. The van der Waals surface area contributed by atoms with E-state index in [0.29, 0.717) is 23.0 Å². The van der Waals surface area contributed by atoms with Gasteiger partial charge in [0.05, 0.1) is 18.3 Å². The van der Waals surface area contributed by atoms with Crippen LogP contribution in [0.2, 0.25) is 0 Å². The van der Waals surface area contributed by atoms with E-state index in [0.717, 1.165) is 21.1 Å². The normalized spacial score (nSPS) is 15.4. The van der Waals surface area contributed by atoms with Crippen LogP contribution in [0.4, 0.5) is 0 Å². The first-order valence-electron chi connectivity index (χ1n) is 9.02. The molecule has 144 valence electrons. The van der Waals surface area contributed by atoms with Crippen LogP contribution in [0, 0.1) is 13.8 Å². The number of aromatic nitrogens is 3. The van der Waals surface area contributed by atoms with Gasteiger partial charge in [-0.05, 0) is 13.8 Å². The minimum atomic E-state index is -0.151. The monoisotopic (exact) mass is 412 g/mol. The van der Waals surface area contributed by atoms with E-state index in [1.165, 1.54) is 11.8 Å². The number of amides is 1. The Morgan fingerprint density at radius 1 is 1.29 bits per heavy atom. The molecule has 1 atom stereocenters. The molecule has 1 unspecified atom stereocenters. The van der Waals surface area contributed by atoms with Gasteiger partial charge in [-0.3, -0.25) is 14.2 Å². The lowest BCUT2D eigenvalue weighted by Gasteiger charge is -2.13. The van der Waals surface area contributed by atoms with E-state index in [1.807, 2.05) is 37.3 Å². The van der Waals surface area contributed by atoms with Crippen LogP contribution in [-0.4, -0.2) is 26.2 Å². The molecule has 2 aromatic heterocycles. The van der Waals surface area contributed by atoms with E-state index in [1.54, 1.807) is 29.0 Å². The second kappa shape index (κ2) is 7.89. The molecule has 0 saturated heterocycles. The van der Waals surface area contributed by atoms with Crippen molar-refractivity contribution in [3.8, 4) is 10.6 Å². The molecule has 0 saturated carbocycles. The maximum absolute atomic E-state index is 12.5. The molecule has 1 aromatic carbocycles. The predicted molar refractivity (Wildman–Crippen MR) is 112 cm³/mol. The zero-order valence-corrected chi connectivity index (χ0v) is 17.3. The molecule has 0 spiro atoms. The van der Waals surface area contributed by atoms with Gasteiger partial charge in [-0.25, -0.2) is 9.97 Å². The highest BCUT2D eigenvalue weighted by molar-refractivity contribution is 7.99. The van der Waals surface area contributed by atoms with Gasteiger partial charge in [-0.15, -0.1) is 11.3 Å². The van der Waals surface area contributed by atoms with Gasteiger partial charge in [-0.2, -0.15) is 0 Å². The van der Waals surface area contributed by atoms with Gasteiger partial charge in [0, 0.05) is 34.4 Å². The highest BCUT2D eigenvalue weighted by Crippen LogP contribution is 2.32. The highest BCUT2D eigenvalue weighted by Gasteiger charge is 2.27. The van der Waals surface area contributed by atoms with Crippen LogP contribution >= 0.6 is 23.1 Å². The van der Waals surface area contributed by atoms with Crippen LogP contribution in [0.3, 0.4) is 0 Å². The molecular weight excluding hydrogens is 392 g/mol. The van der Waals surface area contributed by atoms with E-state index in [2.05, 4.69) is 15.3 Å². The van der Waals surface area contributed by atoms with Gasteiger partial charge < -0.3 is 5.32 Å². The molecule has 1 aliphatic rings. The molecule has 4 rings (SSSR count). The lowest BCUT2D eigenvalue weighted by molar-refractivity contribution is -0.121. The number of benzene rings is 1. The first-order valence-corrected chi connectivity index (χ1v) is 10.8. The first-order chi connectivity index (χ1) is 13.5. The summed E-state index contributed by atoms with van der Waals surface area (Å²) in [5.41, 5.74) is 2.56. The summed E-state index contributed by atoms with van der Waals surface area (Å²) in [5.74, 6) is 0.623. The third kappa shape index (κ3) is 3.74. The highest BCUT2D eigenvalue weighted by atomic mass is 32.2. The Bertz CT molecular complexity index is 1080. The number of nitrogens with zero attached hydrogens (tertiary/aromatic N) is 3. The summed E-state index contributed by atoms with van der Waals surface area (Å²) in [7, 11) is 0. The fraction of sp³-hybridized carbons (Fsp3) is 0.300. The van der Waals surface area contributed by atoms with Crippen molar-refractivity contribution >= 4 is 29.0 Å². The van der Waals surface area contributed by atoms with Crippen LogP contribution in [0.15, 0.2) is 46.5 Å². The molecule has 1 amide bonds. The van der Waals surface area contributed by atoms with Crippen molar-refractivity contribution in [1.82, 2.24) is 19.9 Å². The van der Waals surface area contributed by atoms with E-state index < -0.39 is 0 Å². The number of thioether (sulfide) groups is 1. The summed E-state index contributed by atoms with van der Waals surface area (Å²) >= 11 is 3.12. The predicted octanol–water partition coefficient (Wildman–Crippen LogP) is 3.34. The van der Waals surface area contributed by atoms with E-state index in [4.69, 9.17) is 0 Å². The van der Waals surface area contributed by atoms with Crippen LogP contribution in [0.25, 0.3) is 10.6 Å². The number of rotatable bonds is 5. The second-order valence-electron chi connectivity index (χ2n) is 6.74. The molecule has 1 N–H and O–H groups in total. The minimum Gasteiger partial charge on any atom is -0.351 e. The maximum Gasteiger partial charge on any atom is 0.257 e. The molecule has 0 bridgehead atoms. The first kappa shape index (κ1) is 18.9. The number of carbonyl (C=O) groups is 1. The third-order valence-electron chi connectivity index (χ3n) is 4.68. The maximum atomic E-state index is 12.5. The van der Waals surface area contributed by atoms with Crippen LogP contribution < -0.4 is 10.9 Å². The summed E-state index contributed by atoms with van der Waals surface area (Å²) in [4.78, 5) is 34.8. The van der Waals surface area contributed by atoms with Gasteiger partial charge >= 0.3 is 0 Å². The van der Waals surface area contributed by atoms with Gasteiger partial charge in [0.15, 0.2) is 5.16 Å². The molecule has 0 fully saturated rings. The molecule has 3 heterocycles. The Balaban J connectivity index is 1.41. The third-order valence-corrected chi connectivity index (χ3v) is 7.00. The zero-order valence-electron chi connectivity index (χ0n) is 15.6. The average Bonchev–Trinajstić information content (AvgIpc) is 3.27. The molecule has 28 heavy (non-hydrogen) atoms. The number of hydrogen-bond donors (Lipinski definition) is 1. The summed E-state index contributed by atoms with van der Waals surface area (Å²) in [6.45, 7) is 4.16. The van der Waals surface area contributed by atoms with Crippen LogP contribution in [0.5, 0.6) is 0 Å². The Labute approximate surface area is 171 Å². The Morgan fingerprint density at radius 3 is 2.86 bits per heavy atom. The Morgan fingerprint density at radius 2 is 2.07 bits per heavy atom. The average molecular weight is 413 g/mol. The Kier molecular flexibility index (Phi) is 5.32. The second-order valence-corrected chi connectivity index (χ2v) is 8.81. The molecule has 6 nitrogen and oxygen atoms in total. The number of nitrogens with one attached hydrogen (secondary N) is 1. The summed E-state index contributed by atoms with van der Waals surface area (Å²) in [6.07, 6.45) is 1.87. The minimum absolute atomic E-state index is 0.0568. The number of fused-ring (bicyclic) bond motifs is 1. The van der Waals surface area contributed by atoms with Crippen molar-refractivity contribution < 1.29 is 4.79 Å². The SMILES string of the molecule is Cc1nc(-c2ccccc2)sc1CNC(=O)CC1CSc2ncc(C)c(=O)n21. The molecule has 8 heteroatoms. The smallest absolute Gasteiger partial charge is 0.257 e. The van der Waals surface area contributed by atoms with Crippen LogP contribution in [-0.2, 0) is 11.3 Å². The van der Waals surface area contributed by atoms with Crippen LogP contribution in [0.1, 0.15) is 28.6 Å². The van der Waals surface area contributed by atoms with Gasteiger partial charge in [0.2, 0.25) is 5.91 Å². The molecule has 0 aliphatic carbocycles. The largest absolute Gasteiger partial charge is 0.351 e. The van der Waals surface area contributed by atoms with E-state index >= 15 is 0 Å². The molecule has 0 radical (unpaired) electrons. The van der Waals surface area contributed by atoms with Crippen molar-refractivity contribution in [3.05, 3.63) is 63.0 Å². The topological polar surface area (TPSA) is 76.9 Å². The van der Waals surface area contributed by atoms with Gasteiger partial charge in [-0.1, -0.05) is 42.1 Å². The van der Waals surface area contributed by atoms with Gasteiger partial charge in [0.25, 0.3) is 5.56 Å². The van der Waals surface area contributed by atoms with Crippen molar-refractivity contribution in [2.45, 2.75) is 38.0 Å². The molecule has 1 aliphatic heterocycles. The van der Waals surface area contributed by atoms with Crippen molar-refractivity contribution in [3.63, 3.8) is 0 Å². The summed E-state index contributed by atoms with van der Waals surface area (Å²) < 4.78 is 1.66. The van der Waals surface area contributed by atoms with E-state index in [9.17, 15) is 9.59 Å². The van der Waals surface area contributed by atoms with Crippen molar-refractivity contribution in [2.75, 3.05) is 5.75 Å². The number of carbonyl (C=O) groups excluding carboxylic acids is 1. The summed E-state index contributed by atoms with van der Waals surface area (Å²) in [6, 6.07) is 9.87. The molecule has 3 aromatic rings. The lowest BCUT2D eigenvalue weighted by Crippen LogP contribution is -2.31.